The largest absolute Gasteiger partial charge is 0.508 e. The van der Waals surface area contributed by atoms with Gasteiger partial charge >= 0.3 is 0 Å². The summed E-state index contributed by atoms with van der Waals surface area (Å²) in [6.07, 6.45) is 0.493. The lowest BCUT2D eigenvalue weighted by Gasteiger charge is -2.12. The zero-order valence-corrected chi connectivity index (χ0v) is 13.5. The number of carbonyl (C=O) groups excluding carboxylic acids is 1. The number of carbonyl (C=O) groups is 1. The van der Waals surface area contributed by atoms with E-state index in [2.05, 4.69) is 16.2 Å². The molecule has 3 rings (SSSR count). The average Bonchev–Trinajstić information content (AvgIpc) is 3.02. The Balaban J connectivity index is 1.66. The molecule has 2 aromatic rings. The quantitative estimate of drug-likeness (QED) is 0.684. The molecule has 0 radical (unpaired) electrons. The van der Waals surface area contributed by atoms with Crippen molar-refractivity contribution in [1.82, 2.24) is 10.9 Å². The first kappa shape index (κ1) is 16.1. The number of anilines is 1. The highest BCUT2D eigenvalue weighted by molar-refractivity contribution is 6.31. The van der Waals surface area contributed by atoms with Crippen LogP contribution in [-0.4, -0.2) is 17.1 Å². The van der Waals surface area contributed by atoms with Crippen molar-refractivity contribution in [3.63, 3.8) is 0 Å². The van der Waals surface area contributed by atoms with Crippen LogP contribution in [0.2, 0.25) is 10.0 Å². The molecule has 23 heavy (non-hydrogen) atoms. The van der Waals surface area contributed by atoms with Crippen LogP contribution in [0.1, 0.15) is 18.0 Å². The molecule has 4 N–H and O–H groups in total. The summed E-state index contributed by atoms with van der Waals surface area (Å²) >= 11 is 11.8. The molecule has 1 heterocycles. The molecule has 0 bridgehead atoms. The lowest BCUT2D eigenvalue weighted by atomic mass is 10.0. The van der Waals surface area contributed by atoms with E-state index in [0.717, 1.165) is 0 Å². The number of hydrogen-bond donors (Lipinski definition) is 4. The maximum atomic E-state index is 12.3. The zero-order chi connectivity index (χ0) is 16.4. The van der Waals surface area contributed by atoms with Crippen molar-refractivity contribution in [2.75, 3.05) is 5.32 Å². The van der Waals surface area contributed by atoms with E-state index in [1.165, 1.54) is 0 Å². The molecule has 0 aliphatic carbocycles. The summed E-state index contributed by atoms with van der Waals surface area (Å²) in [6.45, 7) is 0. The molecule has 0 saturated carbocycles. The van der Waals surface area contributed by atoms with Crippen LogP contribution in [0.15, 0.2) is 42.5 Å². The molecule has 2 unspecified atom stereocenters. The topological polar surface area (TPSA) is 73.4 Å². The minimum absolute atomic E-state index is 0.146. The summed E-state index contributed by atoms with van der Waals surface area (Å²) in [6, 6.07) is 11.1. The van der Waals surface area contributed by atoms with Crippen molar-refractivity contribution in [2.24, 2.45) is 0 Å². The first-order valence-corrected chi connectivity index (χ1v) is 7.84. The summed E-state index contributed by atoms with van der Waals surface area (Å²) in [5.41, 5.74) is 7.29. The lowest BCUT2D eigenvalue weighted by molar-refractivity contribution is -0.117. The number of aromatic hydroxyl groups is 1. The van der Waals surface area contributed by atoms with Crippen LogP contribution < -0.4 is 16.2 Å². The maximum absolute atomic E-state index is 12.3. The van der Waals surface area contributed by atoms with E-state index in [0.29, 0.717) is 27.7 Å². The van der Waals surface area contributed by atoms with Gasteiger partial charge in [-0.15, -0.1) is 0 Å². The van der Waals surface area contributed by atoms with Gasteiger partial charge < -0.3 is 10.4 Å². The number of benzene rings is 2. The third kappa shape index (κ3) is 3.76. The molecule has 7 heteroatoms. The number of amides is 1. The molecule has 1 fully saturated rings. The van der Waals surface area contributed by atoms with E-state index in [-0.39, 0.29) is 17.7 Å². The van der Waals surface area contributed by atoms with E-state index in [1.54, 1.807) is 42.5 Å². The first-order chi connectivity index (χ1) is 11.0. The fraction of sp³-hybridized carbons (Fsp3) is 0.188. The third-order valence-electron chi connectivity index (χ3n) is 3.70. The SMILES string of the molecule is O=C(Nc1ccc(Cl)cc1)C1CC(c2cc(Cl)ccc2O)NN1. The molecule has 0 spiro atoms. The Hall–Kier alpha value is -1.79. The Morgan fingerprint density at radius 1 is 1.09 bits per heavy atom. The molecule has 1 aliphatic rings. The number of phenols is 1. The predicted octanol–water partition coefficient (Wildman–Crippen LogP) is 3.25. The molecule has 5 nitrogen and oxygen atoms in total. The van der Waals surface area contributed by atoms with Gasteiger partial charge in [0, 0.05) is 21.3 Å². The second kappa shape index (κ2) is 6.76. The molecule has 1 saturated heterocycles. The Kier molecular flexibility index (Phi) is 4.73. The number of halogens is 2. The van der Waals surface area contributed by atoms with Gasteiger partial charge in [0.15, 0.2) is 0 Å². The second-order valence-electron chi connectivity index (χ2n) is 5.33. The smallest absolute Gasteiger partial charge is 0.242 e. The molecule has 120 valence electrons. The summed E-state index contributed by atoms with van der Waals surface area (Å²) in [5, 5.41) is 13.9. The molecule has 2 aromatic carbocycles. The minimum atomic E-state index is -0.422. The molecular weight excluding hydrogens is 337 g/mol. The molecule has 2 atom stereocenters. The van der Waals surface area contributed by atoms with Crippen molar-refractivity contribution in [3.05, 3.63) is 58.1 Å². The van der Waals surface area contributed by atoms with Gasteiger partial charge in [-0.3, -0.25) is 4.79 Å². The maximum Gasteiger partial charge on any atom is 0.242 e. The van der Waals surface area contributed by atoms with E-state index in [9.17, 15) is 9.90 Å². The number of hydrogen-bond acceptors (Lipinski definition) is 4. The predicted molar refractivity (Wildman–Crippen MR) is 90.6 cm³/mol. The van der Waals surface area contributed by atoms with Crippen LogP contribution in [0, 0.1) is 0 Å². The first-order valence-electron chi connectivity index (χ1n) is 7.09. The Bertz CT molecular complexity index is 722. The standard InChI is InChI=1S/C16H15Cl2N3O2/c17-9-1-4-11(5-2-9)19-16(23)14-8-13(20-21-14)12-7-10(18)3-6-15(12)22/h1-7,13-14,20-22H,8H2,(H,19,23). The summed E-state index contributed by atoms with van der Waals surface area (Å²) in [7, 11) is 0. The van der Waals surface area contributed by atoms with Gasteiger partial charge in [0.2, 0.25) is 5.91 Å². The molecule has 0 aromatic heterocycles. The van der Waals surface area contributed by atoms with Gasteiger partial charge in [0.05, 0.1) is 6.04 Å². The third-order valence-corrected chi connectivity index (χ3v) is 4.18. The van der Waals surface area contributed by atoms with Gasteiger partial charge in [-0.2, -0.15) is 0 Å². The summed E-state index contributed by atoms with van der Waals surface area (Å²) in [5.74, 6) is -0.0173. The molecule has 1 aliphatic heterocycles. The normalized spacial score (nSPS) is 20.4. The van der Waals surface area contributed by atoms with Crippen LogP contribution >= 0.6 is 23.2 Å². The lowest BCUT2D eigenvalue weighted by Crippen LogP contribution is -2.39. The Morgan fingerprint density at radius 2 is 1.78 bits per heavy atom. The highest BCUT2D eigenvalue weighted by Gasteiger charge is 2.31. The van der Waals surface area contributed by atoms with Gasteiger partial charge in [0.1, 0.15) is 11.8 Å². The van der Waals surface area contributed by atoms with Crippen molar-refractivity contribution in [1.29, 1.82) is 0 Å². The monoisotopic (exact) mass is 351 g/mol. The van der Waals surface area contributed by atoms with Gasteiger partial charge in [0.25, 0.3) is 0 Å². The molecule has 1 amide bonds. The van der Waals surface area contributed by atoms with Crippen LogP contribution in [0.3, 0.4) is 0 Å². The van der Waals surface area contributed by atoms with Crippen molar-refractivity contribution >= 4 is 34.8 Å². The Morgan fingerprint density at radius 3 is 2.52 bits per heavy atom. The Labute approximate surface area is 143 Å². The number of hydrazine groups is 1. The minimum Gasteiger partial charge on any atom is -0.508 e. The van der Waals surface area contributed by atoms with E-state index in [4.69, 9.17) is 23.2 Å². The van der Waals surface area contributed by atoms with Gasteiger partial charge in [-0.1, -0.05) is 23.2 Å². The molecular formula is C16H15Cl2N3O2. The highest BCUT2D eigenvalue weighted by atomic mass is 35.5. The second-order valence-corrected chi connectivity index (χ2v) is 6.20. The van der Waals surface area contributed by atoms with Crippen LogP contribution in [0.5, 0.6) is 5.75 Å². The van der Waals surface area contributed by atoms with E-state index >= 15 is 0 Å². The number of nitrogens with one attached hydrogen (secondary N) is 3. The van der Waals surface area contributed by atoms with Gasteiger partial charge in [-0.05, 0) is 48.9 Å². The zero-order valence-electron chi connectivity index (χ0n) is 12.0. The van der Waals surface area contributed by atoms with Crippen molar-refractivity contribution in [3.8, 4) is 5.75 Å². The van der Waals surface area contributed by atoms with E-state index in [1.807, 2.05) is 0 Å². The summed E-state index contributed by atoms with van der Waals surface area (Å²) in [4.78, 5) is 12.3. The van der Waals surface area contributed by atoms with Crippen molar-refractivity contribution < 1.29 is 9.90 Å². The van der Waals surface area contributed by atoms with Crippen molar-refractivity contribution in [2.45, 2.75) is 18.5 Å². The number of phenolic OH excluding ortho intramolecular Hbond substituents is 1. The number of rotatable bonds is 3. The van der Waals surface area contributed by atoms with Crippen LogP contribution in [-0.2, 0) is 4.79 Å². The van der Waals surface area contributed by atoms with Crippen LogP contribution in [0.4, 0.5) is 5.69 Å². The van der Waals surface area contributed by atoms with Crippen LogP contribution in [0.25, 0.3) is 0 Å². The highest BCUT2D eigenvalue weighted by Crippen LogP contribution is 2.31. The fourth-order valence-corrected chi connectivity index (χ4v) is 2.81. The summed E-state index contributed by atoms with van der Waals surface area (Å²) < 4.78 is 0. The van der Waals surface area contributed by atoms with Gasteiger partial charge in [-0.25, -0.2) is 10.9 Å². The fourth-order valence-electron chi connectivity index (χ4n) is 2.50. The average molecular weight is 352 g/mol. The van der Waals surface area contributed by atoms with E-state index < -0.39 is 6.04 Å².